The Balaban J connectivity index is 1.68. The number of esters is 3. The lowest BCUT2D eigenvalue weighted by Crippen LogP contribution is -2.59. The van der Waals surface area contributed by atoms with Crippen LogP contribution in [0.25, 0.3) is 11.1 Å². The second kappa shape index (κ2) is 15.7. The van der Waals surface area contributed by atoms with Crippen molar-refractivity contribution >= 4 is 24.0 Å². The van der Waals surface area contributed by atoms with Crippen molar-refractivity contribution < 1.29 is 38.1 Å². The molecule has 0 N–H and O–H groups in total. The third-order valence-electron chi connectivity index (χ3n) is 8.24. The summed E-state index contributed by atoms with van der Waals surface area (Å²) in [6, 6.07) is 13.4. The third-order valence-corrected chi connectivity index (χ3v) is 8.24. The fourth-order valence-electron chi connectivity index (χ4n) is 6.11. The molecule has 1 aliphatic carbocycles. The fraction of sp³-hybridized carbons (Fsp3) is 0.500. The lowest BCUT2D eigenvalue weighted by molar-refractivity contribution is -0.160. The zero-order valence-corrected chi connectivity index (χ0v) is 29.9. The quantitative estimate of drug-likeness (QED) is 0.116. The second-order valence-electron chi connectivity index (χ2n) is 14.4. The number of ether oxygens (including phenoxy) is 4. The van der Waals surface area contributed by atoms with Gasteiger partial charge >= 0.3 is 24.0 Å². The summed E-state index contributed by atoms with van der Waals surface area (Å²) >= 11 is 0. The maximum Gasteiger partial charge on any atom is 0.411 e. The zero-order valence-electron chi connectivity index (χ0n) is 29.9. The minimum absolute atomic E-state index is 0.0243. The minimum Gasteiger partial charge on any atom is -0.467 e. The van der Waals surface area contributed by atoms with Crippen LogP contribution in [0.4, 0.5) is 4.79 Å². The lowest BCUT2D eigenvalue weighted by atomic mass is 9.84. The van der Waals surface area contributed by atoms with E-state index in [0.717, 1.165) is 33.6 Å². The topological polar surface area (TPSA) is 126 Å². The highest BCUT2D eigenvalue weighted by atomic mass is 16.6. The summed E-state index contributed by atoms with van der Waals surface area (Å²) in [4.78, 5) is 59.8. The van der Waals surface area contributed by atoms with Crippen LogP contribution in [-0.2, 0) is 46.3 Å². The average molecular weight is 676 g/mol. The summed E-state index contributed by atoms with van der Waals surface area (Å²) in [5, 5.41) is 0. The molecule has 1 aromatic heterocycles. The van der Waals surface area contributed by atoms with Crippen LogP contribution < -0.4 is 0 Å². The highest BCUT2D eigenvalue weighted by Crippen LogP contribution is 2.44. The van der Waals surface area contributed by atoms with E-state index in [1.54, 1.807) is 47.7 Å². The average Bonchev–Trinajstić information content (AvgIpc) is 3.61. The summed E-state index contributed by atoms with van der Waals surface area (Å²) in [6.07, 6.45) is 3.52. The molecule has 49 heavy (non-hydrogen) atoms. The van der Waals surface area contributed by atoms with E-state index in [2.05, 4.69) is 4.98 Å². The van der Waals surface area contributed by atoms with Crippen LogP contribution in [-0.4, -0.2) is 76.5 Å². The lowest BCUT2D eigenvalue weighted by Gasteiger charge is -2.40. The first-order chi connectivity index (χ1) is 23.1. The van der Waals surface area contributed by atoms with Crippen molar-refractivity contribution in [3.63, 3.8) is 0 Å². The van der Waals surface area contributed by atoms with E-state index in [9.17, 15) is 19.2 Å². The molecule has 264 valence electrons. The standard InChI is InChI=1S/C38H49N3O8/c1-9-10-19-47-35(44)33(37(2,3)4)41(31(34(43)46-8)20-25-21-40(24-39-25)22-32(42)49-38(5,6)7)36(45)48-23-30-28-17-13-11-15-26(28)27-16-12-14-18-29(27)30/h11-18,21,24,30-31,33H,9-10,19-20,22-23H2,1-8H3. The van der Waals surface area contributed by atoms with Gasteiger partial charge in [-0.15, -0.1) is 0 Å². The molecule has 4 rings (SSSR count). The number of aromatic nitrogens is 2. The monoisotopic (exact) mass is 675 g/mol. The molecule has 0 spiro atoms. The van der Waals surface area contributed by atoms with E-state index in [0.29, 0.717) is 12.1 Å². The summed E-state index contributed by atoms with van der Waals surface area (Å²) < 4.78 is 23.9. The normalized spacial score (nSPS) is 13.9. The van der Waals surface area contributed by atoms with E-state index >= 15 is 0 Å². The Labute approximate surface area is 288 Å². The number of fused-ring (bicyclic) bond motifs is 3. The molecule has 2 unspecified atom stereocenters. The molecule has 3 aromatic rings. The Morgan fingerprint density at radius 1 is 0.898 bits per heavy atom. The van der Waals surface area contributed by atoms with Gasteiger partial charge in [0.2, 0.25) is 0 Å². The number of methoxy groups -OCH3 is 1. The third kappa shape index (κ3) is 9.28. The molecular weight excluding hydrogens is 626 g/mol. The van der Waals surface area contributed by atoms with Gasteiger partial charge < -0.3 is 23.5 Å². The van der Waals surface area contributed by atoms with Crippen molar-refractivity contribution in [3.05, 3.63) is 77.9 Å². The van der Waals surface area contributed by atoms with Crippen LogP contribution in [0.1, 0.15) is 84.0 Å². The first-order valence-electron chi connectivity index (χ1n) is 16.7. The maximum absolute atomic E-state index is 14.4. The van der Waals surface area contributed by atoms with E-state index in [4.69, 9.17) is 18.9 Å². The van der Waals surface area contributed by atoms with Gasteiger partial charge in [-0.05, 0) is 54.9 Å². The molecule has 0 saturated carbocycles. The largest absolute Gasteiger partial charge is 0.467 e. The van der Waals surface area contributed by atoms with Crippen molar-refractivity contribution in [2.45, 2.75) is 97.9 Å². The summed E-state index contributed by atoms with van der Waals surface area (Å²) in [5.74, 6) is -2.11. The zero-order chi connectivity index (χ0) is 35.9. The van der Waals surface area contributed by atoms with Crippen molar-refractivity contribution in [2.24, 2.45) is 5.41 Å². The number of unbranched alkanes of at least 4 members (excludes halogenated alkanes) is 1. The van der Waals surface area contributed by atoms with E-state index in [1.165, 1.54) is 18.0 Å². The number of hydrogen-bond donors (Lipinski definition) is 0. The molecule has 11 heteroatoms. The van der Waals surface area contributed by atoms with Gasteiger partial charge in [0.05, 0.1) is 25.7 Å². The van der Waals surface area contributed by atoms with Gasteiger partial charge in [-0.2, -0.15) is 0 Å². The molecule has 0 saturated heterocycles. The van der Waals surface area contributed by atoms with Gasteiger partial charge in [0, 0.05) is 18.5 Å². The van der Waals surface area contributed by atoms with Gasteiger partial charge in [-0.1, -0.05) is 82.6 Å². The van der Waals surface area contributed by atoms with Gasteiger partial charge in [0.25, 0.3) is 0 Å². The van der Waals surface area contributed by atoms with Crippen LogP contribution in [0, 0.1) is 5.41 Å². The predicted molar refractivity (Wildman–Crippen MR) is 184 cm³/mol. The Bertz CT molecular complexity index is 1590. The van der Waals surface area contributed by atoms with Crippen LogP contribution in [0.15, 0.2) is 61.1 Å². The number of nitrogens with zero attached hydrogens (tertiary/aromatic N) is 3. The SMILES string of the molecule is CCCCOC(=O)C(N(C(=O)OCC1c2ccccc2-c2ccccc21)C(Cc1cn(CC(=O)OC(C)(C)C)cn1)C(=O)OC)C(C)(C)C. The summed E-state index contributed by atoms with van der Waals surface area (Å²) in [7, 11) is 1.22. The molecule has 2 atom stereocenters. The Kier molecular flexibility index (Phi) is 11.9. The molecule has 0 fully saturated rings. The minimum atomic E-state index is -1.31. The highest BCUT2D eigenvalue weighted by molar-refractivity contribution is 5.88. The van der Waals surface area contributed by atoms with E-state index in [1.807, 2.05) is 55.5 Å². The summed E-state index contributed by atoms with van der Waals surface area (Å²) in [6.45, 7) is 12.8. The summed E-state index contributed by atoms with van der Waals surface area (Å²) in [5.41, 5.74) is 3.03. The molecular formula is C38H49N3O8. The smallest absolute Gasteiger partial charge is 0.411 e. The Morgan fingerprint density at radius 2 is 1.51 bits per heavy atom. The van der Waals surface area contributed by atoms with Crippen LogP contribution in [0.2, 0.25) is 0 Å². The number of rotatable bonds is 13. The molecule has 0 radical (unpaired) electrons. The molecule has 0 bridgehead atoms. The number of hydrogen-bond acceptors (Lipinski definition) is 9. The molecule has 1 amide bonds. The number of amides is 1. The second-order valence-corrected chi connectivity index (χ2v) is 14.4. The van der Waals surface area contributed by atoms with Crippen LogP contribution in [0.3, 0.4) is 0 Å². The molecule has 1 heterocycles. The fourth-order valence-corrected chi connectivity index (χ4v) is 6.11. The first kappa shape index (κ1) is 37.2. The predicted octanol–water partition coefficient (Wildman–Crippen LogP) is 6.32. The van der Waals surface area contributed by atoms with Crippen molar-refractivity contribution in [1.82, 2.24) is 14.5 Å². The van der Waals surface area contributed by atoms with Crippen molar-refractivity contribution in [2.75, 3.05) is 20.3 Å². The van der Waals surface area contributed by atoms with Gasteiger partial charge in [-0.3, -0.25) is 9.69 Å². The van der Waals surface area contributed by atoms with Crippen LogP contribution in [0.5, 0.6) is 0 Å². The number of imidazole rings is 1. The number of carbonyl (C=O) groups is 4. The number of benzene rings is 2. The van der Waals surface area contributed by atoms with Crippen molar-refractivity contribution in [1.29, 1.82) is 0 Å². The highest BCUT2D eigenvalue weighted by Gasteiger charge is 2.47. The molecule has 0 aliphatic heterocycles. The molecule has 2 aromatic carbocycles. The van der Waals surface area contributed by atoms with E-state index in [-0.39, 0.29) is 32.1 Å². The maximum atomic E-state index is 14.4. The van der Waals surface area contributed by atoms with Gasteiger partial charge in [0.15, 0.2) is 0 Å². The van der Waals surface area contributed by atoms with Gasteiger partial charge in [0.1, 0.15) is 30.8 Å². The van der Waals surface area contributed by atoms with Gasteiger partial charge in [-0.25, -0.2) is 19.4 Å². The molecule has 11 nitrogen and oxygen atoms in total. The van der Waals surface area contributed by atoms with Crippen molar-refractivity contribution in [3.8, 4) is 11.1 Å². The molecule has 1 aliphatic rings. The van der Waals surface area contributed by atoms with E-state index < -0.39 is 47.1 Å². The Hall–Kier alpha value is -4.67. The Morgan fingerprint density at radius 3 is 2.06 bits per heavy atom. The number of carbonyl (C=O) groups excluding carboxylic acids is 4. The van der Waals surface area contributed by atoms with Crippen LogP contribution >= 0.6 is 0 Å². The first-order valence-corrected chi connectivity index (χ1v) is 16.7.